The lowest BCUT2D eigenvalue weighted by Crippen LogP contribution is -2.48. The molecule has 0 radical (unpaired) electrons. The van der Waals surface area contributed by atoms with E-state index >= 15 is 0 Å². The smallest absolute Gasteiger partial charge is 0.125 e. The van der Waals surface area contributed by atoms with E-state index < -0.39 is 0 Å². The van der Waals surface area contributed by atoms with Crippen LogP contribution in [0.15, 0.2) is 16.6 Å². The first-order valence-corrected chi connectivity index (χ1v) is 8.40. The van der Waals surface area contributed by atoms with Crippen molar-refractivity contribution in [1.29, 1.82) is 0 Å². The normalized spacial score (nSPS) is 20.5. The van der Waals surface area contributed by atoms with Crippen molar-refractivity contribution >= 4 is 15.9 Å². The van der Waals surface area contributed by atoms with Crippen molar-refractivity contribution in [3.63, 3.8) is 0 Å². The Balaban J connectivity index is 1.75. The summed E-state index contributed by atoms with van der Waals surface area (Å²) in [5, 5.41) is 0. The van der Waals surface area contributed by atoms with E-state index in [-0.39, 0.29) is 11.6 Å². The van der Waals surface area contributed by atoms with Crippen molar-refractivity contribution in [3.8, 4) is 5.75 Å². The first-order valence-electron chi connectivity index (χ1n) is 7.61. The molecule has 1 fully saturated rings. The van der Waals surface area contributed by atoms with E-state index in [0.29, 0.717) is 0 Å². The fraction of sp³-hybridized carbons (Fsp3) is 0.625. The van der Waals surface area contributed by atoms with Gasteiger partial charge in [-0.05, 0) is 55.4 Å². The molecule has 1 aliphatic heterocycles. The summed E-state index contributed by atoms with van der Waals surface area (Å²) < 4.78 is 12.6. The summed E-state index contributed by atoms with van der Waals surface area (Å²) >= 11 is 3.60. The van der Waals surface area contributed by atoms with Crippen molar-refractivity contribution in [2.75, 3.05) is 13.7 Å². The minimum absolute atomic E-state index is 0.0209. The average Bonchev–Trinajstić information content (AvgIpc) is 2.89. The van der Waals surface area contributed by atoms with Crippen molar-refractivity contribution in [1.82, 2.24) is 5.43 Å². The molecule has 1 saturated carbocycles. The van der Waals surface area contributed by atoms with Gasteiger partial charge in [-0.1, -0.05) is 15.9 Å². The highest BCUT2D eigenvalue weighted by molar-refractivity contribution is 9.10. The number of methoxy groups -OCH3 is 1. The molecule has 1 atom stereocenters. The Morgan fingerprint density at radius 2 is 2.29 bits per heavy atom. The zero-order valence-corrected chi connectivity index (χ0v) is 14.0. The zero-order valence-electron chi connectivity index (χ0n) is 12.5. The summed E-state index contributed by atoms with van der Waals surface area (Å²) in [6.45, 7) is 0.779. The van der Waals surface area contributed by atoms with Crippen LogP contribution in [-0.4, -0.2) is 25.4 Å². The van der Waals surface area contributed by atoms with Gasteiger partial charge >= 0.3 is 0 Å². The Bertz CT molecular complexity index is 512. The Morgan fingerprint density at radius 1 is 1.48 bits per heavy atom. The molecule has 0 saturated heterocycles. The molecule has 4 nitrogen and oxygen atoms in total. The third-order valence-corrected chi connectivity index (χ3v) is 5.30. The minimum Gasteiger partial charge on any atom is -0.493 e. The Labute approximate surface area is 134 Å². The van der Waals surface area contributed by atoms with E-state index in [1.54, 1.807) is 0 Å². The lowest BCUT2D eigenvalue weighted by atomic mass is 9.75. The van der Waals surface area contributed by atoms with Gasteiger partial charge in [0, 0.05) is 24.0 Å². The number of ether oxygens (including phenoxy) is 2. The quantitative estimate of drug-likeness (QED) is 0.609. The SMILES string of the molecule is COC1(CC(Cc2cc(Br)cc3c2OCC3)NN)CCC1. The minimum atomic E-state index is 0.0209. The molecule has 0 spiro atoms. The van der Waals surface area contributed by atoms with Crippen LogP contribution in [0.1, 0.15) is 36.8 Å². The van der Waals surface area contributed by atoms with Crippen LogP contribution in [0, 0.1) is 0 Å². The summed E-state index contributed by atoms with van der Waals surface area (Å²) in [7, 11) is 1.81. The molecule has 1 aromatic rings. The molecule has 116 valence electrons. The van der Waals surface area contributed by atoms with E-state index in [2.05, 4.69) is 33.5 Å². The Kier molecular flexibility index (Phi) is 4.54. The maximum atomic E-state index is 5.81. The molecule has 3 rings (SSSR count). The number of halogens is 1. The molecule has 1 heterocycles. The highest BCUT2D eigenvalue weighted by Crippen LogP contribution is 2.40. The molecule has 0 amide bonds. The van der Waals surface area contributed by atoms with Crippen LogP contribution in [0.4, 0.5) is 0 Å². The molecule has 21 heavy (non-hydrogen) atoms. The molecular weight excluding hydrogens is 332 g/mol. The van der Waals surface area contributed by atoms with Crippen LogP contribution in [0.25, 0.3) is 0 Å². The summed E-state index contributed by atoms with van der Waals surface area (Å²) in [5.41, 5.74) is 5.51. The monoisotopic (exact) mass is 354 g/mol. The van der Waals surface area contributed by atoms with Crippen molar-refractivity contribution in [3.05, 3.63) is 27.7 Å². The Morgan fingerprint density at radius 3 is 2.90 bits per heavy atom. The van der Waals surface area contributed by atoms with Crippen LogP contribution < -0.4 is 16.0 Å². The maximum Gasteiger partial charge on any atom is 0.125 e. The maximum absolute atomic E-state index is 5.81. The van der Waals surface area contributed by atoms with Crippen LogP contribution in [0.3, 0.4) is 0 Å². The molecule has 3 N–H and O–H groups in total. The van der Waals surface area contributed by atoms with Crippen LogP contribution in [-0.2, 0) is 17.6 Å². The predicted octanol–water partition coefficient (Wildman–Crippen LogP) is 2.72. The number of hydrogen-bond acceptors (Lipinski definition) is 4. The van der Waals surface area contributed by atoms with E-state index in [4.69, 9.17) is 15.3 Å². The van der Waals surface area contributed by atoms with Gasteiger partial charge in [0.2, 0.25) is 0 Å². The summed E-state index contributed by atoms with van der Waals surface area (Å²) in [6, 6.07) is 4.50. The molecule has 0 aromatic heterocycles. The van der Waals surface area contributed by atoms with E-state index in [9.17, 15) is 0 Å². The molecule has 1 unspecified atom stereocenters. The van der Waals surface area contributed by atoms with Crippen LogP contribution in [0.5, 0.6) is 5.75 Å². The second-order valence-corrected chi connectivity index (χ2v) is 7.08. The molecule has 0 bridgehead atoms. The third kappa shape index (κ3) is 3.11. The fourth-order valence-corrected chi connectivity index (χ4v) is 4.02. The van der Waals surface area contributed by atoms with Gasteiger partial charge in [-0.15, -0.1) is 0 Å². The van der Waals surface area contributed by atoms with Crippen molar-refractivity contribution in [2.24, 2.45) is 5.84 Å². The lowest BCUT2D eigenvalue weighted by molar-refractivity contribution is -0.0834. The molecule has 1 aliphatic carbocycles. The third-order valence-electron chi connectivity index (χ3n) is 4.84. The van der Waals surface area contributed by atoms with Gasteiger partial charge in [0.15, 0.2) is 0 Å². The first-order chi connectivity index (χ1) is 10.2. The predicted molar refractivity (Wildman–Crippen MR) is 86.4 cm³/mol. The van der Waals surface area contributed by atoms with E-state index in [1.165, 1.54) is 17.5 Å². The van der Waals surface area contributed by atoms with Gasteiger partial charge in [-0.25, -0.2) is 0 Å². The number of benzene rings is 1. The van der Waals surface area contributed by atoms with Gasteiger partial charge in [0.05, 0.1) is 12.2 Å². The second kappa shape index (κ2) is 6.24. The van der Waals surface area contributed by atoms with Crippen LogP contribution >= 0.6 is 15.9 Å². The van der Waals surface area contributed by atoms with Gasteiger partial charge in [-0.2, -0.15) is 0 Å². The number of fused-ring (bicyclic) bond motifs is 1. The standard InChI is InChI=1S/C16H23BrN2O2/c1-20-16(4-2-5-16)10-14(19-18)9-12-8-13(17)7-11-3-6-21-15(11)12/h7-8,14,19H,2-6,9-10,18H2,1H3. The number of hydrogen-bond donors (Lipinski definition) is 2. The summed E-state index contributed by atoms with van der Waals surface area (Å²) in [5.74, 6) is 6.84. The topological polar surface area (TPSA) is 56.5 Å². The van der Waals surface area contributed by atoms with Gasteiger partial charge in [0.1, 0.15) is 5.75 Å². The molecule has 5 heteroatoms. The second-order valence-electron chi connectivity index (χ2n) is 6.16. The van der Waals surface area contributed by atoms with E-state index in [0.717, 1.165) is 48.9 Å². The number of hydrazine groups is 1. The van der Waals surface area contributed by atoms with Crippen molar-refractivity contribution in [2.45, 2.75) is 50.2 Å². The number of nitrogens with two attached hydrogens (primary N) is 1. The number of rotatable bonds is 6. The van der Waals surface area contributed by atoms with Crippen molar-refractivity contribution < 1.29 is 9.47 Å². The first kappa shape index (κ1) is 15.3. The zero-order chi connectivity index (χ0) is 14.9. The molecule has 2 aliphatic rings. The Hall–Kier alpha value is -0.620. The highest BCUT2D eigenvalue weighted by atomic mass is 79.9. The molecular formula is C16H23BrN2O2. The van der Waals surface area contributed by atoms with Crippen LogP contribution in [0.2, 0.25) is 0 Å². The average molecular weight is 355 g/mol. The summed E-state index contributed by atoms with van der Waals surface area (Å²) in [6.07, 6.45) is 6.32. The van der Waals surface area contributed by atoms with Gasteiger partial charge in [0.25, 0.3) is 0 Å². The fourth-order valence-electron chi connectivity index (χ4n) is 3.46. The largest absolute Gasteiger partial charge is 0.493 e. The van der Waals surface area contributed by atoms with E-state index in [1.807, 2.05) is 7.11 Å². The number of nitrogens with one attached hydrogen (secondary N) is 1. The van der Waals surface area contributed by atoms with Gasteiger partial charge in [-0.3, -0.25) is 11.3 Å². The molecule has 1 aromatic carbocycles. The van der Waals surface area contributed by atoms with Gasteiger partial charge < -0.3 is 9.47 Å². The summed E-state index contributed by atoms with van der Waals surface area (Å²) in [4.78, 5) is 0. The lowest BCUT2D eigenvalue weighted by Gasteiger charge is -2.42. The highest BCUT2D eigenvalue weighted by Gasteiger charge is 2.39.